The Morgan fingerprint density at radius 3 is 2.64 bits per heavy atom. The number of hydrogen-bond acceptors (Lipinski definition) is 7. The summed E-state index contributed by atoms with van der Waals surface area (Å²) in [7, 11) is 4.11. The minimum absolute atomic E-state index is 0. The number of aromatic hydroxyl groups is 1. The molecule has 8 heteroatoms. The maximum absolute atomic E-state index is 10.2. The van der Waals surface area contributed by atoms with Gasteiger partial charge in [-0.1, -0.05) is 12.1 Å². The molecule has 0 saturated heterocycles. The smallest absolute Gasteiger partial charge is 0.545 e. The number of nitrogens with zero attached hydrogens (tertiary/aromatic N) is 3. The minimum atomic E-state index is -1.36. The average molecular weight is 312 g/mol. The first kappa shape index (κ1) is 18.3. The molecule has 0 fully saturated rings. The Kier molecular flexibility index (Phi) is 6.73. The van der Waals surface area contributed by atoms with Gasteiger partial charge in [0.15, 0.2) is 5.84 Å². The number of amidine groups is 1. The largest absolute Gasteiger partial charge is 1.00 e. The quantitative estimate of drug-likeness (QED) is 0.520. The molecule has 0 saturated carbocycles. The standard InChI is InChI=1S/C7H12N4.C7H6O3.Na/c1-10-3-6-7(9-4-8-6)11(2)5-10;8-6-4-2-1-3-5(6)7(9)10;/h3,8H,4-5H2,1-2H3;1-4,8H,(H,9,10);/q;;+1/p-1. The van der Waals surface area contributed by atoms with Crippen LogP contribution in [0, 0.1) is 0 Å². The number of likely N-dealkylation sites (N-methyl/N-ethyl adjacent to an activating group) is 1. The molecule has 2 aliphatic rings. The van der Waals surface area contributed by atoms with Gasteiger partial charge >= 0.3 is 29.6 Å². The molecule has 3 rings (SSSR count). The van der Waals surface area contributed by atoms with Crippen LogP contribution in [0.3, 0.4) is 0 Å². The van der Waals surface area contributed by atoms with E-state index in [1.54, 1.807) is 6.07 Å². The molecule has 2 aliphatic heterocycles. The second kappa shape index (κ2) is 8.07. The zero-order valence-corrected chi connectivity index (χ0v) is 14.9. The maximum Gasteiger partial charge on any atom is 1.00 e. The third kappa shape index (κ3) is 4.40. The van der Waals surface area contributed by atoms with Crippen molar-refractivity contribution in [2.75, 3.05) is 27.4 Å². The maximum atomic E-state index is 10.2. The van der Waals surface area contributed by atoms with Gasteiger partial charge in [-0.05, 0) is 12.1 Å². The second-order valence-electron chi connectivity index (χ2n) is 4.76. The summed E-state index contributed by atoms with van der Waals surface area (Å²) < 4.78 is 0. The van der Waals surface area contributed by atoms with Gasteiger partial charge in [0.1, 0.15) is 12.4 Å². The Labute approximate surface area is 151 Å². The number of rotatable bonds is 1. The van der Waals surface area contributed by atoms with Crippen molar-refractivity contribution in [1.29, 1.82) is 0 Å². The number of fused-ring (bicyclic) bond motifs is 1. The summed E-state index contributed by atoms with van der Waals surface area (Å²) >= 11 is 0. The van der Waals surface area contributed by atoms with Crippen LogP contribution in [0.4, 0.5) is 0 Å². The van der Waals surface area contributed by atoms with Crippen molar-refractivity contribution in [2.24, 2.45) is 4.99 Å². The number of phenols is 1. The first-order valence-corrected chi connectivity index (χ1v) is 6.40. The molecule has 0 bridgehead atoms. The van der Waals surface area contributed by atoms with Crippen LogP contribution in [0.5, 0.6) is 5.75 Å². The van der Waals surface area contributed by atoms with Crippen LogP contribution >= 0.6 is 0 Å². The monoisotopic (exact) mass is 312 g/mol. The summed E-state index contributed by atoms with van der Waals surface area (Å²) in [6.45, 7) is 1.64. The van der Waals surface area contributed by atoms with Crippen LogP contribution in [0.1, 0.15) is 10.4 Å². The summed E-state index contributed by atoms with van der Waals surface area (Å²) in [5, 5.41) is 22.2. The van der Waals surface area contributed by atoms with Gasteiger partial charge in [-0.15, -0.1) is 0 Å². The fraction of sp³-hybridized carbons (Fsp3) is 0.286. The van der Waals surface area contributed by atoms with Crippen molar-refractivity contribution < 1.29 is 44.6 Å². The van der Waals surface area contributed by atoms with E-state index in [0.717, 1.165) is 24.9 Å². The molecule has 1 aromatic carbocycles. The van der Waals surface area contributed by atoms with E-state index in [0.29, 0.717) is 0 Å². The molecular formula is C14H17N4NaO3. The van der Waals surface area contributed by atoms with Gasteiger partial charge in [0, 0.05) is 25.9 Å². The Morgan fingerprint density at radius 1 is 1.36 bits per heavy atom. The number of hydrogen-bond donors (Lipinski definition) is 2. The van der Waals surface area contributed by atoms with E-state index in [1.807, 2.05) is 0 Å². The van der Waals surface area contributed by atoms with Crippen molar-refractivity contribution in [3.8, 4) is 5.75 Å². The van der Waals surface area contributed by atoms with Gasteiger partial charge in [0.2, 0.25) is 0 Å². The van der Waals surface area contributed by atoms with E-state index in [4.69, 9.17) is 5.11 Å². The third-order valence-corrected chi connectivity index (χ3v) is 3.01. The Morgan fingerprint density at radius 2 is 2.05 bits per heavy atom. The molecule has 1 aromatic rings. The summed E-state index contributed by atoms with van der Waals surface area (Å²) in [4.78, 5) is 18.7. The normalized spacial score (nSPS) is 15.4. The van der Waals surface area contributed by atoms with E-state index in [2.05, 4.69) is 40.4 Å². The molecule has 112 valence electrons. The van der Waals surface area contributed by atoms with Crippen LogP contribution in [-0.2, 0) is 0 Å². The molecule has 0 aromatic heterocycles. The molecule has 0 spiro atoms. The SMILES string of the molecule is CN1C=C2NCN=C2N(C)C1.O=C([O-])c1ccccc1O.[Na+]. The van der Waals surface area contributed by atoms with Crippen LogP contribution in [0.2, 0.25) is 0 Å². The van der Waals surface area contributed by atoms with E-state index >= 15 is 0 Å². The molecule has 2 N–H and O–H groups in total. The molecule has 0 aliphatic carbocycles. The van der Waals surface area contributed by atoms with Crippen molar-refractivity contribution in [1.82, 2.24) is 15.1 Å². The number of nitrogens with one attached hydrogen (secondary N) is 1. The molecule has 2 heterocycles. The summed E-state index contributed by atoms with van der Waals surface area (Å²) in [5.41, 5.74) is 0.962. The molecule has 0 radical (unpaired) electrons. The van der Waals surface area contributed by atoms with Gasteiger partial charge in [-0.25, -0.2) is 4.99 Å². The number of carbonyl (C=O) groups is 1. The van der Waals surface area contributed by atoms with E-state index in [-0.39, 0.29) is 40.9 Å². The molecule has 0 atom stereocenters. The van der Waals surface area contributed by atoms with Crippen molar-refractivity contribution in [3.05, 3.63) is 41.7 Å². The van der Waals surface area contributed by atoms with Gasteiger partial charge in [-0.3, -0.25) is 0 Å². The van der Waals surface area contributed by atoms with Crippen molar-refractivity contribution >= 4 is 11.8 Å². The number of carbonyl (C=O) groups excluding carboxylic acids is 1. The number of para-hydroxylation sites is 1. The van der Waals surface area contributed by atoms with Crippen molar-refractivity contribution in [2.45, 2.75) is 0 Å². The Balaban J connectivity index is 0.000000212. The van der Waals surface area contributed by atoms with Gasteiger partial charge < -0.3 is 30.1 Å². The van der Waals surface area contributed by atoms with Crippen molar-refractivity contribution in [3.63, 3.8) is 0 Å². The predicted octanol–water partition coefficient (Wildman–Crippen LogP) is -3.62. The van der Waals surface area contributed by atoms with Gasteiger partial charge in [0.25, 0.3) is 0 Å². The topological polar surface area (TPSA) is 91.2 Å². The van der Waals surface area contributed by atoms with Gasteiger partial charge in [-0.2, -0.15) is 0 Å². The zero-order valence-electron chi connectivity index (χ0n) is 12.9. The van der Waals surface area contributed by atoms with E-state index in [9.17, 15) is 9.90 Å². The average Bonchev–Trinajstić information content (AvgIpc) is 2.88. The van der Waals surface area contributed by atoms with Crippen LogP contribution < -0.4 is 40.0 Å². The number of benzene rings is 1. The van der Waals surface area contributed by atoms with E-state index < -0.39 is 5.97 Å². The molecule has 7 nitrogen and oxygen atoms in total. The molecule has 0 amide bonds. The first-order valence-electron chi connectivity index (χ1n) is 6.40. The summed E-state index contributed by atoms with van der Waals surface area (Å²) in [5.74, 6) is -0.538. The fourth-order valence-corrected chi connectivity index (χ4v) is 2.10. The molecule has 0 unspecified atom stereocenters. The number of carboxylic acids is 1. The van der Waals surface area contributed by atoms with E-state index in [1.165, 1.54) is 18.2 Å². The Bertz CT molecular complexity index is 604. The second-order valence-corrected chi connectivity index (χ2v) is 4.76. The van der Waals surface area contributed by atoms with Gasteiger partial charge in [0.05, 0.1) is 18.3 Å². The first-order chi connectivity index (χ1) is 9.99. The molecule has 22 heavy (non-hydrogen) atoms. The van der Waals surface area contributed by atoms with Crippen LogP contribution in [0.25, 0.3) is 0 Å². The zero-order chi connectivity index (χ0) is 15.4. The fourth-order valence-electron chi connectivity index (χ4n) is 2.10. The third-order valence-electron chi connectivity index (χ3n) is 3.01. The Hall–Kier alpha value is -1.70. The summed E-state index contributed by atoms with van der Waals surface area (Å²) in [6.07, 6.45) is 2.09. The predicted molar refractivity (Wildman–Crippen MR) is 76.4 cm³/mol. The summed E-state index contributed by atoms with van der Waals surface area (Å²) in [6, 6.07) is 5.64. The van der Waals surface area contributed by atoms with Crippen LogP contribution in [0.15, 0.2) is 41.2 Å². The number of aromatic carboxylic acids is 1. The van der Waals surface area contributed by atoms with Crippen LogP contribution in [-0.4, -0.2) is 54.1 Å². The number of aliphatic imine (C=N–C) groups is 1. The molecular weight excluding hydrogens is 295 g/mol. The minimum Gasteiger partial charge on any atom is -0.545 e. The number of carboxylic acid groups (broad SMARTS) is 1.